The molecule has 0 atom stereocenters. The molecule has 2 aromatic heterocycles. The van der Waals surface area contributed by atoms with Gasteiger partial charge in [0.15, 0.2) is 18.1 Å². The van der Waals surface area contributed by atoms with E-state index in [1.54, 1.807) is 48.1 Å². The van der Waals surface area contributed by atoms with Gasteiger partial charge in [0.1, 0.15) is 17.6 Å². The molecule has 0 aliphatic rings. The number of rotatable bonds is 9. The van der Waals surface area contributed by atoms with Crippen LogP contribution in [-0.4, -0.2) is 37.3 Å². The number of benzene rings is 1. The Balaban J connectivity index is 1.68. The van der Waals surface area contributed by atoms with Crippen LogP contribution in [0.25, 0.3) is 6.08 Å². The number of nitriles is 1. The fraction of sp³-hybridized carbons (Fsp3) is 0.240. The number of anilines is 1. The highest BCUT2D eigenvalue weighted by atomic mass is 16.5. The van der Waals surface area contributed by atoms with E-state index in [2.05, 4.69) is 11.4 Å². The summed E-state index contributed by atoms with van der Waals surface area (Å²) in [7, 11) is 3.02. The van der Waals surface area contributed by atoms with Crippen molar-refractivity contribution in [3.05, 3.63) is 70.8 Å². The van der Waals surface area contributed by atoms with Gasteiger partial charge in [-0.05, 0) is 43.7 Å². The number of furan rings is 1. The summed E-state index contributed by atoms with van der Waals surface area (Å²) in [5.74, 6) is 0.705. The number of carbonyl (C=O) groups excluding carboxylic acids is 2. The van der Waals surface area contributed by atoms with Crippen molar-refractivity contribution < 1.29 is 28.2 Å². The van der Waals surface area contributed by atoms with Crippen LogP contribution >= 0.6 is 0 Å². The largest absolute Gasteiger partial charge is 0.493 e. The minimum absolute atomic E-state index is 0.326. The molecule has 9 nitrogen and oxygen atoms in total. The molecule has 9 heteroatoms. The van der Waals surface area contributed by atoms with Crippen LogP contribution in [0.3, 0.4) is 0 Å². The summed E-state index contributed by atoms with van der Waals surface area (Å²) in [5.41, 5.74) is 2.52. The number of nitrogens with one attached hydrogen (secondary N) is 1. The van der Waals surface area contributed by atoms with E-state index in [0.29, 0.717) is 40.7 Å². The minimum Gasteiger partial charge on any atom is -0.493 e. The normalized spacial score (nSPS) is 10.7. The van der Waals surface area contributed by atoms with Crippen LogP contribution in [0.4, 0.5) is 5.82 Å². The molecular formula is C25H25N3O6. The lowest BCUT2D eigenvalue weighted by atomic mass is 10.1. The van der Waals surface area contributed by atoms with E-state index >= 15 is 0 Å². The number of hydrogen-bond donors (Lipinski definition) is 1. The number of carbonyl (C=O) groups is 2. The van der Waals surface area contributed by atoms with Gasteiger partial charge in [0, 0.05) is 17.3 Å². The van der Waals surface area contributed by atoms with Crippen LogP contribution in [0.5, 0.6) is 11.5 Å². The van der Waals surface area contributed by atoms with Gasteiger partial charge < -0.3 is 28.5 Å². The van der Waals surface area contributed by atoms with Gasteiger partial charge in [0.25, 0.3) is 5.91 Å². The number of hydrogen-bond acceptors (Lipinski definition) is 7. The first-order valence-corrected chi connectivity index (χ1v) is 10.4. The molecule has 1 N–H and O–H groups in total. The maximum Gasteiger partial charge on any atom is 0.331 e. The zero-order valence-corrected chi connectivity index (χ0v) is 19.4. The first kappa shape index (κ1) is 24.2. The lowest BCUT2D eigenvalue weighted by molar-refractivity contribution is -0.142. The molecule has 1 amide bonds. The molecule has 1 aromatic carbocycles. The Labute approximate surface area is 197 Å². The fourth-order valence-electron chi connectivity index (χ4n) is 3.44. The molecule has 0 fully saturated rings. The smallest absolute Gasteiger partial charge is 0.331 e. The minimum atomic E-state index is -0.709. The van der Waals surface area contributed by atoms with Crippen molar-refractivity contribution in [2.75, 3.05) is 26.1 Å². The van der Waals surface area contributed by atoms with Gasteiger partial charge in [0.2, 0.25) is 0 Å². The number of esters is 1. The molecule has 0 aliphatic carbocycles. The molecule has 0 unspecified atom stereocenters. The Morgan fingerprint density at radius 2 is 1.97 bits per heavy atom. The van der Waals surface area contributed by atoms with Crippen molar-refractivity contribution in [3.63, 3.8) is 0 Å². The maximum absolute atomic E-state index is 12.5. The molecule has 0 bridgehead atoms. The van der Waals surface area contributed by atoms with Gasteiger partial charge in [-0.3, -0.25) is 4.79 Å². The lowest BCUT2D eigenvalue weighted by Gasteiger charge is -2.12. The van der Waals surface area contributed by atoms with Gasteiger partial charge in [-0.2, -0.15) is 5.26 Å². The topological polar surface area (TPSA) is 116 Å². The zero-order chi connectivity index (χ0) is 24.7. The standard InChI is InChI=1S/C25H25N3O6/c1-16-17(2)28(14-19-8-6-12-33-19)25(20(16)13-26)27-22(29)15-34-23(30)11-10-18-7-5-9-21(31-3)24(18)32-4/h5-12H,14-15H2,1-4H3,(H,27,29)/b11-10+. The third-order valence-electron chi connectivity index (χ3n) is 5.27. The number of nitrogens with zero attached hydrogens (tertiary/aromatic N) is 2. The molecule has 0 aliphatic heterocycles. The highest BCUT2D eigenvalue weighted by Crippen LogP contribution is 2.31. The van der Waals surface area contributed by atoms with Crippen LogP contribution in [0.1, 0.15) is 28.1 Å². The van der Waals surface area contributed by atoms with Crippen molar-refractivity contribution in [3.8, 4) is 17.6 Å². The Hall–Kier alpha value is -4.45. The van der Waals surface area contributed by atoms with Crippen LogP contribution in [-0.2, 0) is 20.9 Å². The lowest BCUT2D eigenvalue weighted by Crippen LogP contribution is -2.22. The number of para-hydroxylation sites is 1. The number of ether oxygens (including phenoxy) is 3. The molecule has 0 saturated carbocycles. The molecule has 2 heterocycles. The summed E-state index contributed by atoms with van der Waals surface area (Å²) in [6, 6.07) is 10.9. The summed E-state index contributed by atoms with van der Waals surface area (Å²) in [6.07, 6.45) is 4.26. The molecule has 0 radical (unpaired) electrons. The van der Waals surface area contributed by atoms with Crippen molar-refractivity contribution in [2.24, 2.45) is 0 Å². The van der Waals surface area contributed by atoms with Gasteiger partial charge in [0.05, 0.1) is 32.6 Å². The SMILES string of the molecule is COc1cccc(/C=C/C(=O)OCC(=O)Nc2c(C#N)c(C)c(C)n2Cc2ccco2)c1OC. The van der Waals surface area contributed by atoms with Crippen LogP contribution < -0.4 is 14.8 Å². The van der Waals surface area contributed by atoms with E-state index in [0.717, 1.165) is 11.3 Å². The average Bonchev–Trinajstić information content (AvgIpc) is 3.43. The summed E-state index contributed by atoms with van der Waals surface area (Å²) >= 11 is 0. The Morgan fingerprint density at radius 1 is 1.18 bits per heavy atom. The third-order valence-corrected chi connectivity index (χ3v) is 5.27. The maximum atomic E-state index is 12.5. The highest BCUT2D eigenvalue weighted by molar-refractivity contribution is 5.95. The van der Waals surface area contributed by atoms with Crippen molar-refractivity contribution in [1.82, 2.24) is 4.57 Å². The number of methoxy groups -OCH3 is 2. The second kappa shape index (κ2) is 10.9. The van der Waals surface area contributed by atoms with Crippen LogP contribution in [0.15, 0.2) is 47.1 Å². The van der Waals surface area contributed by atoms with Gasteiger partial charge in [-0.1, -0.05) is 12.1 Å². The summed E-state index contributed by atoms with van der Waals surface area (Å²) < 4.78 is 22.8. The van der Waals surface area contributed by atoms with E-state index < -0.39 is 18.5 Å². The first-order valence-electron chi connectivity index (χ1n) is 10.4. The molecule has 3 rings (SSSR count). The summed E-state index contributed by atoms with van der Waals surface area (Å²) in [4.78, 5) is 24.7. The first-order chi connectivity index (χ1) is 16.4. The number of amides is 1. The monoisotopic (exact) mass is 463 g/mol. The van der Waals surface area contributed by atoms with Crippen LogP contribution in [0.2, 0.25) is 0 Å². The Morgan fingerprint density at radius 3 is 2.62 bits per heavy atom. The predicted molar refractivity (Wildman–Crippen MR) is 125 cm³/mol. The van der Waals surface area contributed by atoms with Gasteiger partial charge >= 0.3 is 5.97 Å². The molecule has 176 valence electrons. The summed E-state index contributed by atoms with van der Waals surface area (Å²) in [5, 5.41) is 12.3. The van der Waals surface area contributed by atoms with Crippen LogP contribution in [0, 0.1) is 25.2 Å². The average molecular weight is 463 g/mol. The molecule has 34 heavy (non-hydrogen) atoms. The van der Waals surface area contributed by atoms with Gasteiger partial charge in [-0.15, -0.1) is 0 Å². The van der Waals surface area contributed by atoms with Crippen molar-refractivity contribution in [2.45, 2.75) is 20.4 Å². The van der Waals surface area contributed by atoms with Crippen molar-refractivity contribution >= 4 is 23.8 Å². The quantitative estimate of drug-likeness (QED) is 0.379. The fourth-order valence-corrected chi connectivity index (χ4v) is 3.44. The third kappa shape index (κ3) is 5.30. The second-order valence-electron chi connectivity index (χ2n) is 7.28. The Kier molecular flexibility index (Phi) is 7.77. The van der Waals surface area contributed by atoms with Crippen molar-refractivity contribution in [1.29, 1.82) is 5.26 Å². The van der Waals surface area contributed by atoms with Gasteiger partial charge in [-0.25, -0.2) is 4.79 Å². The molecule has 3 aromatic rings. The Bertz CT molecular complexity index is 1250. The van der Waals surface area contributed by atoms with E-state index in [1.165, 1.54) is 26.4 Å². The molecule has 0 saturated heterocycles. The molecule has 0 spiro atoms. The molecular weight excluding hydrogens is 438 g/mol. The summed E-state index contributed by atoms with van der Waals surface area (Å²) in [6.45, 7) is 3.47. The predicted octanol–water partition coefficient (Wildman–Crippen LogP) is 3.83. The van der Waals surface area contributed by atoms with E-state index in [-0.39, 0.29) is 0 Å². The van der Waals surface area contributed by atoms with E-state index in [4.69, 9.17) is 18.6 Å². The van der Waals surface area contributed by atoms with E-state index in [1.807, 2.05) is 6.92 Å². The highest BCUT2D eigenvalue weighted by Gasteiger charge is 2.20. The second-order valence-corrected chi connectivity index (χ2v) is 7.28. The zero-order valence-electron chi connectivity index (χ0n) is 19.4. The number of aromatic nitrogens is 1. The van der Waals surface area contributed by atoms with E-state index in [9.17, 15) is 14.9 Å².